The number of nitrogens with two attached hydrogens (primary N) is 1. The van der Waals surface area contributed by atoms with Gasteiger partial charge in [0.1, 0.15) is 17.5 Å². The third-order valence-corrected chi connectivity index (χ3v) is 4.46. The van der Waals surface area contributed by atoms with E-state index in [9.17, 15) is 5.26 Å². The van der Waals surface area contributed by atoms with Crippen molar-refractivity contribution in [3.63, 3.8) is 0 Å². The van der Waals surface area contributed by atoms with E-state index in [-0.39, 0.29) is 0 Å². The fourth-order valence-electron chi connectivity index (χ4n) is 2.37. The van der Waals surface area contributed by atoms with Crippen LogP contribution >= 0.6 is 31.9 Å². The highest BCUT2D eigenvalue weighted by Gasteiger charge is 2.18. The van der Waals surface area contributed by atoms with Gasteiger partial charge in [-0.15, -0.1) is 0 Å². The molecule has 0 aliphatic heterocycles. The number of benzene rings is 2. The highest BCUT2D eigenvalue weighted by molar-refractivity contribution is 9.10. The summed E-state index contributed by atoms with van der Waals surface area (Å²) in [6.45, 7) is 0. The van der Waals surface area contributed by atoms with Crippen LogP contribution in [0, 0.1) is 11.3 Å². The van der Waals surface area contributed by atoms with Gasteiger partial charge in [0.05, 0.1) is 5.69 Å². The zero-order valence-electron chi connectivity index (χ0n) is 11.4. The van der Waals surface area contributed by atoms with Gasteiger partial charge in [-0.25, -0.2) is 0 Å². The zero-order chi connectivity index (χ0) is 15.7. The lowest BCUT2D eigenvalue weighted by atomic mass is 9.98. The van der Waals surface area contributed by atoms with Gasteiger partial charge >= 0.3 is 0 Å². The van der Waals surface area contributed by atoms with Crippen LogP contribution in [0.1, 0.15) is 5.56 Å². The largest absolute Gasteiger partial charge is 0.384 e. The Labute approximate surface area is 145 Å². The molecule has 3 N–H and O–H groups in total. The summed E-state index contributed by atoms with van der Waals surface area (Å²) in [6, 6.07) is 17.9. The van der Waals surface area contributed by atoms with E-state index in [1.54, 1.807) is 0 Å². The predicted octanol–water partition coefficient (Wildman–Crippen LogP) is 5.33. The van der Waals surface area contributed by atoms with Gasteiger partial charge in [0.15, 0.2) is 0 Å². The average Bonchev–Trinajstić information content (AvgIpc) is 2.85. The number of aromatic nitrogens is 1. The molecule has 0 spiro atoms. The minimum atomic E-state index is 0.387. The minimum Gasteiger partial charge on any atom is -0.384 e. The van der Waals surface area contributed by atoms with Crippen molar-refractivity contribution in [2.24, 2.45) is 0 Å². The number of nitrogen functional groups attached to an aromatic ring is 1. The molecule has 0 saturated carbocycles. The quantitative estimate of drug-likeness (QED) is 0.592. The van der Waals surface area contributed by atoms with Crippen molar-refractivity contribution in [1.82, 2.24) is 4.98 Å². The van der Waals surface area contributed by atoms with E-state index in [4.69, 9.17) is 5.73 Å². The first-order valence-corrected chi connectivity index (χ1v) is 8.12. The molecule has 22 heavy (non-hydrogen) atoms. The lowest BCUT2D eigenvalue weighted by molar-refractivity contribution is 1.39. The molecule has 0 unspecified atom stereocenters. The Morgan fingerprint density at radius 2 is 1.36 bits per heavy atom. The van der Waals surface area contributed by atoms with Crippen LogP contribution < -0.4 is 5.73 Å². The standard InChI is InChI=1S/C17H11Br2N3/c18-12-5-1-10(2-6-12)15-14(9-20)17(21)22-16(15)11-3-7-13(19)8-4-11/h1-8,22H,21H2. The van der Waals surface area contributed by atoms with E-state index in [1.807, 2.05) is 48.5 Å². The number of nitrogens with one attached hydrogen (secondary N) is 1. The van der Waals surface area contributed by atoms with Crippen LogP contribution in [0.2, 0.25) is 0 Å². The maximum Gasteiger partial charge on any atom is 0.120 e. The van der Waals surface area contributed by atoms with Gasteiger partial charge in [-0.2, -0.15) is 5.26 Å². The number of hydrogen-bond acceptors (Lipinski definition) is 2. The van der Waals surface area contributed by atoms with Gasteiger partial charge in [-0.3, -0.25) is 0 Å². The molecule has 0 aliphatic carbocycles. The number of anilines is 1. The second-order valence-corrected chi connectivity index (χ2v) is 6.62. The summed E-state index contributed by atoms with van der Waals surface area (Å²) in [5.41, 5.74) is 10.1. The van der Waals surface area contributed by atoms with E-state index in [2.05, 4.69) is 42.9 Å². The van der Waals surface area contributed by atoms with Crippen molar-refractivity contribution < 1.29 is 0 Å². The first-order valence-electron chi connectivity index (χ1n) is 6.53. The summed E-state index contributed by atoms with van der Waals surface area (Å²) in [5, 5.41) is 9.45. The Kier molecular flexibility index (Phi) is 4.06. The second-order valence-electron chi connectivity index (χ2n) is 4.79. The molecular weight excluding hydrogens is 406 g/mol. The SMILES string of the molecule is N#Cc1c(N)[nH]c(-c2ccc(Br)cc2)c1-c1ccc(Br)cc1. The monoisotopic (exact) mass is 415 g/mol. The van der Waals surface area contributed by atoms with Gasteiger partial charge in [0.2, 0.25) is 0 Å². The van der Waals surface area contributed by atoms with Crippen LogP contribution in [0.25, 0.3) is 22.4 Å². The second kappa shape index (κ2) is 5.99. The van der Waals surface area contributed by atoms with Crippen molar-refractivity contribution in [2.75, 3.05) is 5.73 Å². The topological polar surface area (TPSA) is 65.6 Å². The van der Waals surface area contributed by atoms with Gasteiger partial charge < -0.3 is 10.7 Å². The normalized spacial score (nSPS) is 10.4. The predicted molar refractivity (Wildman–Crippen MR) is 96.2 cm³/mol. The highest BCUT2D eigenvalue weighted by Crippen LogP contribution is 2.38. The molecule has 0 bridgehead atoms. The Bertz CT molecular complexity index is 857. The Hall–Kier alpha value is -2.03. The zero-order valence-corrected chi connectivity index (χ0v) is 14.6. The maximum absolute atomic E-state index is 9.45. The summed E-state index contributed by atoms with van der Waals surface area (Å²) in [5.74, 6) is 0.387. The van der Waals surface area contributed by atoms with Crippen LogP contribution in [-0.2, 0) is 0 Å². The Balaban J connectivity index is 2.25. The van der Waals surface area contributed by atoms with Crippen molar-refractivity contribution >= 4 is 37.7 Å². The molecule has 0 saturated heterocycles. The van der Waals surface area contributed by atoms with Crippen LogP contribution in [0.3, 0.4) is 0 Å². The number of aromatic amines is 1. The van der Waals surface area contributed by atoms with Crippen LogP contribution in [0.5, 0.6) is 0 Å². The maximum atomic E-state index is 9.45. The van der Waals surface area contributed by atoms with Crippen LogP contribution in [0.15, 0.2) is 57.5 Å². The summed E-state index contributed by atoms with van der Waals surface area (Å²) >= 11 is 6.86. The van der Waals surface area contributed by atoms with Gasteiger partial charge in [0.25, 0.3) is 0 Å². The number of nitrogens with zero attached hydrogens (tertiary/aromatic N) is 1. The molecule has 0 fully saturated rings. The molecule has 3 rings (SSSR count). The lowest BCUT2D eigenvalue weighted by Gasteiger charge is -2.06. The highest BCUT2D eigenvalue weighted by atomic mass is 79.9. The molecular formula is C17H11Br2N3. The molecule has 2 aromatic carbocycles. The first kappa shape index (κ1) is 14.9. The number of nitriles is 1. The van der Waals surface area contributed by atoms with E-state index >= 15 is 0 Å². The van der Waals surface area contributed by atoms with Crippen molar-refractivity contribution in [2.45, 2.75) is 0 Å². The number of hydrogen-bond donors (Lipinski definition) is 2. The van der Waals surface area contributed by atoms with E-state index in [0.29, 0.717) is 11.4 Å². The number of halogens is 2. The van der Waals surface area contributed by atoms with Crippen LogP contribution in [-0.4, -0.2) is 4.98 Å². The van der Waals surface area contributed by atoms with E-state index < -0.39 is 0 Å². The van der Waals surface area contributed by atoms with E-state index in [0.717, 1.165) is 31.3 Å². The van der Waals surface area contributed by atoms with Crippen molar-refractivity contribution in [1.29, 1.82) is 5.26 Å². The molecule has 1 aromatic heterocycles. The minimum absolute atomic E-state index is 0.387. The fourth-order valence-corrected chi connectivity index (χ4v) is 2.90. The molecule has 0 radical (unpaired) electrons. The van der Waals surface area contributed by atoms with Crippen molar-refractivity contribution in [3.05, 3.63) is 63.0 Å². The molecule has 5 heteroatoms. The fraction of sp³-hybridized carbons (Fsp3) is 0. The smallest absolute Gasteiger partial charge is 0.120 e. The molecule has 3 aromatic rings. The Morgan fingerprint density at radius 3 is 1.86 bits per heavy atom. The molecule has 0 amide bonds. The first-order chi connectivity index (χ1) is 10.6. The van der Waals surface area contributed by atoms with Crippen LogP contribution in [0.4, 0.5) is 5.82 Å². The summed E-state index contributed by atoms with van der Waals surface area (Å²) in [7, 11) is 0. The third kappa shape index (κ3) is 2.68. The Morgan fingerprint density at radius 1 is 0.864 bits per heavy atom. The molecule has 108 valence electrons. The number of rotatable bonds is 2. The molecule has 3 nitrogen and oxygen atoms in total. The number of H-pyrrole nitrogens is 1. The van der Waals surface area contributed by atoms with Gasteiger partial charge in [-0.05, 0) is 35.4 Å². The summed E-state index contributed by atoms with van der Waals surface area (Å²) in [6.07, 6.45) is 0. The summed E-state index contributed by atoms with van der Waals surface area (Å²) in [4.78, 5) is 3.14. The summed E-state index contributed by atoms with van der Waals surface area (Å²) < 4.78 is 1.99. The lowest BCUT2D eigenvalue weighted by Crippen LogP contribution is -1.87. The van der Waals surface area contributed by atoms with Gasteiger partial charge in [-0.1, -0.05) is 56.1 Å². The molecule has 0 aliphatic rings. The molecule has 1 heterocycles. The molecule has 0 atom stereocenters. The third-order valence-electron chi connectivity index (χ3n) is 3.41. The van der Waals surface area contributed by atoms with Crippen molar-refractivity contribution in [3.8, 4) is 28.5 Å². The average molecular weight is 417 g/mol. The van der Waals surface area contributed by atoms with Gasteiger partial charge in [0, 0.05) is 14.5 Å². The van der Waals surface area contributed by atoms with E-state index in [1.165, 1.54) is 0 Å².